The highest BCUT2D eigenvalue weighted by Crippen LogP contribution is 2.18. The number of para-hydroxylation sites is 1. The molecule has 2 aromatic carbocycles. The highest BCUT2D eigenvalue weighted by molar-refractivity contribution is 6.09. The highest BCUT2D eigenvalue weighted by Gasteiger charge is 2.16. The fourth-order valence-corrected chi connectivity index (χ4v) is 3.23. The number of ether oxygens (including phenoxy) is 1. The van der Waals surface area contributed by atoms with Crippen LogP contribution in [0.15, 0.2) is 48.5 Å². The molecule has 2 amide bonds. The van der Waals surface area contributed by atoms with E-state index in [2.05, 4.69) is 43.2 Å². The van der Waals surface area contributed by atoms with E-state index in [1.54, 1.807) is 55.6 Å². The third-order valence-electron chi connectivity index (χ3n) is 4.75. The maximum Gasteiger partial charge on any atom is 0.255 e. The zero-order valence-electron chi connectivity index (χ0n) is 17.9. The summed E-state index contributed by atoms with van der Waals surface area (Å²) in [5.74, 6) is 0.194. The van der Waals surface area contributed by atoms with Crippen LogP contribution in [0.1, 0.15) is 48.4 Å². The molecule has 0 spiro atoms. The number of anilines is 1. The zero-order valence-corrected chi connectivity index (χ0v) is 17.9. The molecular weight excluding hydrogens is 366 g/mol. The third-order valence-corrected chi connectivity index (χ3v) is 4.75. The van der Waals surface area contributed by atoms with Crippen molar-refractivity contribution in [3.8, 4) is 5.75 Å². The molecule has 0 aromatic heterocycles. The van der Waals surface area contributed by atoms with Crippen molar-refractivity contribution >= 4 is 17.5 Å². The largest absolute Gasteiger partial charge is 0.497 e. The van der Waals surface area contributed by atoms with Crippen molar-refractivity contribution in [2.75, 3.05) is 25.5 Å². The van der Waals surface area contributed by atoms with Crippen LogP contribution in [-0.4, -0.2) is 49.0 Å². The van der Waals surface area contributed by atoms with E-state index in [0.717, 1.165) is 6.54 Å². The molecule has 0 radical (unpaired) electrons. The minimum absolute atomic E-state index is 0.205. The van der Waals surface area contributed by atoms with E-state index in [9.17, 15) is 9.59 Å². The zero-order chi connectivity index (χ0) is 21.4. The molecule has 0 saturated heterocycles. The van der Waals surface area contributed by atoms with E-state index in [1.165, 1.54) is 0 Å². The Bertz CT molecular complexity index is 808. The minimum Gasteiger partial charge on any atom is -0.497 e. The summed E-state index contributed by atoms with van der Waals surface area (Å²) in [4.78, 5) is 27.6. The number of amides is 2. The number of hydrogen-bond donors (Lipinski definition) is 2. The van der Waals surface area contributed by atoms with E-state index in [4.69, 9.17) is 4.74 Å². The van der Waals surface area contributed by atoms with Gasteiger partial charge in [0.25, 0.3) is 11.8 Å². The first-order valence-corrected chi connectivity index (χ1v) is 9.91. The minimum atomic E-state index is -0.279. The average molecular weight is 398 g/mol. The number of methoxy groups -OCH3 is 1. The van der Waals surface area contributed by atoms with Crippen molar-refractivity contribution < 1.29 is 14.3 Å². The van der Waals surface area contributed by atoms with E-state index in [0.29, 0.717) is 41.2 Å². The Morgan fingerprint density at radius 3 is 2.14 bits per heavy atom. The molecule has 156 valence electrons. The molecule has 0 saturated carbocycles. The van der Waals surface area contributed by atoms with Gasteiger partial charge >= 0.3 is 0 Å². The lowest BCUT2D eigenvalue weighted by molar-refractivity contribution is 0.0940. The van der Waals surface area contributed by atoms with Gasteiger partial charge in [0.1, 0.15) is 5.75 Å². The molecule has 2 rings (SSSR count). The van der Waals surface area contributed by atoms with Crippen LogP contribution in [0.3, 0.4) is 0 Å². The fraction of sp³-hybridized carbons (Fsp3) is 0.391. The van der Waals surface area contributed by atoms with Crippen molar-refractivity contribution in [1.82, 2.24) is 10.2 Å². The second-order valence-corrected chi connectivity index (χ2v) is 7.41. The van der Waals surface area contributed by atoms with E-state index in [-0.39, 0.29) is 11.8 Å². The number of benzene rings is 2. The molecule has 6 heteroatoms. The summed E-state index contributed by atoms with van der Waals surface area (Å²) in [6, 6.07) is 14.6. The molecular formula is C23H31N3O3. The van der Waals surface area contributed by atoms with Crippen LogP contribution in [0.25, 0.3) is 0 Å². The number of nitrogens with one attached hydrogen (secondary N) is 2. The van der Waals surface area contributed by atoms with Gasteiger partial charge in [-0.05, 0) is 64.1 Å². The van der Waals surface area contributed by atoms with Gasteiger partial charge in [-0.25, -0.2) is 0 Å². The van der Waals surface area contributed by atoms with Crippen LogP contribution >= 0.6 is 0 Å². The molecule has 0 heterocycles. The van der Waals surface area contributed by atoms with Gasteiger partial charge in [0.2, 0.25) is 0 Å². The number of carbonyl (C=O) groups excluding carboxylic acids is 2. The Morgan fingerprint density at radius 1 is 0.931 bits per heavy atom. The molecule has 2 N–H and O–H groups in total. The lowest BCUT2D eigenvalue weighted by Crippen LogP contribution is -2.42. The smallest absolute Gasteiger partial charge is 0.255 e. The van der Waals surface area contributed by atoms with E-state index in [1.807, 2.05) is 0 Å². The van der Waals surface area contributed by atoms with Crippen molar-refractivity contribution in [2.24, 2.45) is 0 Å². The van der Waals surface area contributed by atoms with Crippen LogP contribution in [0.2, 0.25) is 0 Å². The second-order valence-electron chi connectivity index (χ2n) is 7.41. The molecule has 0 aliphatic heterocycles. The highest BCUT2D eigenvalue weighted by atomic mass is 16.5. The van der Waals surface area contributed by atoms with Crippen molar-refractivity contribution in [3.05, 3.63) is 59.7 Å². The lowest BCUT2D eigenvalue weighted by atomic mass is 10.1. The van der Waals surface area contributed by atoms with E-state index >= 15 is 0 Å². The van der Waals surface area contributed by atoms with Crippen molar-refractivity contribution in [1.29, 1.82) is 0 Å². The maximum atomic E-state index is 12.7. The Labute approximate surface area is 173 Å². The molecule has 0 unspecified atom stereocenters. The van der Waals surface area contributed by atoms with Crippen molar-refractivity contribution in [3.63, 3.8) is 0 Å². The van der Waals surface area contributed by atoms with Crippen LogP contribution in [-0.2, 0) is 0 Å². The summed E-state index contributed by atoms with van der Waals surface area (Å²) in [7, 11) is 1.57. The van der Waals surface area contributed by atoms with E-state index < -0.39 is 0 Å². The Hall–Kier alpha value is -2.86. The number of carbonyl (C=O) groups is 2. The molecule has 29 heavy (non-hydrogen) atoms. The van der Waals surface area contributed by atoms with Gasteiger partial charge in [0.05, 0.1) is 18.4 Å². The quantitative estimate of drug-likeness (QED) is 0.675. The molecule has 0 atom stereocenters. The fourth-order valence-electron chi connectivity index (χ4n) is 3.23. The standard InChI is InChI=1S/C23H31N3O3/c1-16(2)26(17(3)4)15-14-24-23(28)20-8-6-7-9-21(20)25-22(27)18-10-12-19(29-5)13-11-18/h6-13,16-17H,14-15H2,1-5H3,(H,24,28)(H,25,27). The summed E-state index contributed by atoms with van der Waals surface area (Å²) < 4.78 is 5.11. The van der Waals surface area contributed by atoms with Gasteiger partial charge in [-0.15, -0.1) is 0 Å². The SMILES string of the molecule is COc1ccc(C(=O)Nc2ccccc2C(=O)NCCN(C(C)C)C(C)C)cc1. The molecule has 0 bridgehead atoms. The monoisotopic (exact) mass is 397 g/mol. The Balaban J connectivity index is 2.03. The second kappa shape index (κ2) is 10.6. The summed E-state index contributed by atoms with van der Waals surface area (Å²) >= 11 is 0. The van der Waals surface area contributed by atoms with Crippen molar-refractivity contribution in [2.45, 2.75) is 39.8 Å². The molecule has 0 fully saturated rings. The number of nitrogens with zero attached hydrogens (tertiary/aromatic N) is 1. The summed E-state index contributed by atoms with van der Waals surface area (Å²) in [5, 5.41) is 5.79. The average Bonchev–Trinajstić information content (AvgIpc) is 2.70. The van der Waals surface area contributed by atoms with Gasteiger partial charge < -0.3 is 15.4 Å². The number of hydrogen-bond acceptors (Lipinski definition) is 4. The van der Waals surface area contributed by atoms with Gasteiger partial charge in [0, 0.05) is 30.7 Å². The van der Waals surface area contributed by atoms with Gasteiger partial charge in [-0.2, -0.15) is 0 Å². The molecule has 2 aromatic rings. The molecule has 0 aliphatic carbocycles. The van der Waals surface area contributed by atoms with Crippen LogP contribution in [0.5, 0.6) is 5.75 Å². The first kappa shape index (κ1) is 22.4. The lowest BCUT2D eigenvalue weighted by Gasteiger charge is -2.30. The molecule has 0 aliphatic rings. The predicted octanol–water partition coefficient (Wildman–Crippen LogP) is 3.80. The summed E-state index contributed by atoms with van der Waals surface area (Å²) in [5.41, 5.74) is 1.41. The third kappa shape index (κ3) is 6.32. The van der Waals surface area contributed by atoms with Gasteiger partial charge in [0.15, 0.2) is 0 Å². The maximum absolute atomic E-state index is 12.7. The van der Waals surface area contributed by atoms with Crippen LogP contribution < -0.4 is 15.4 Å². The van der Waals surface area contributed by atoms with Gasteiger partial charge in [-0.3, -0.25) is 14.5 Å². The Morgan fingerprint density at radius 2 is 1.55 bits per heavy atom. The van der Waals surface area contributed by atoms with Crippen LogP contribution in [0, 0.1) is 0 Å². The number of rotatable bonds is 9. The normalized spacial score (nSPS) is 11.0. The first-order valence-electron chi connectivity index (χ1n) is 9.91. The summed E-state index contributed by atoms with van der Waals surface area (Å²) in [6.45, 7) is 9.88. The topological polar surface area (TPSA) is 70.7 Å². The summed E-state index contributed by atoms with van der Waals surface area (Å²) in [6.07, 6.45) is 0. The molecule has 6 nitrogen and oxygen atoms in total. The van der Waals surface area contributed by atoms with Crippen LogP contribution in [0.4, 0.5) is 5.69 Å². The predicted molar refractivity (Wildman–Crippen MR) is 117 cm³/mol. The van der Waals surface area contributed by atoms with Gasteiger partial charge in [-0.1, -0.05) is 12.1 Å². The first-order chi connectivity index (χ1) is 13.8. The Kier molecular flexibility index (Phi) is 8.21.